The first-order valence-electron chi connectivity index (χ1n) is 12.5. The molecule has 1 N–H and O–H groups in total. The predicted molar refractivity (Wildman–Crippen MR) is 152 cm³/mol. The predicted octanol–water partition coefficient (Wildman–Crippen LogP) is 4.94. The van der Waals surface area contributed by atoms with E-state index in [1.807, 2.05) is 36.4 Å². The Bertz CT molecular complexity index is 1700. The zero-order valence-electron chi connectivity index (χ0n) is 21.4. The minimum atomic E-state index is -0.219. The first-order chi connectivity index (χ1) is 18.5. The van der Waals surface area contributed by atoms with Gasteiger partial charge in [0, 0.05) is 35.2 Å². The van der Waals surface area contributed by atoms with E-state index in [0.717, 1.165) is 28.7 Å². The van der Waals surface area contributed by atoms with Gasteiger partial charge in [0.25, 0.3) is 5.91 Å². The third-order valence-corrected chi connectivity index (χ3v) is 7.83. The molecule has 0 aliphatic carbocycles. The molecule has 0 saturated heterocycles. The molecule has 7 nitrogen and oxygen atoms in total. The summed E-state index contributed by atoms with van der Waals surface area (Å²) in [4.78, 5) is 37.6. The van der Waals surface area contributed by atoms with Crippen LogP contribution in [0.4, 0.5) is 0 Å². The Balaban J connectivity index is 1.44. The zero-order chi connectivity index (χ0) is 26.6. The molecule has 5 rings (SSSR count). The van der Waals surface area contributed by atoms with Crippen LogP contribution in [0.25, 0.3) is 21.1 Å². The summed E-state index contributed by atoms with van der Waals surface area (Å²) >= 11 is 1.66. The van der Waals surface area contributed by atoms with Gasteiger partial charge in [0.2, 0.25) is 0 Å². The van der Waals surface area contributed by atoms with Crippen molar-refractivity contribution >= 4 is 44.6 Å². The number of carbonyl (C=O) groups excluding carboxylic acids is 2. The maximum absolute atomic E-state index is 13.5. The second-order valence-electron chi connectivity index (χ2n) is 9.21. The molecule has 3 aromatic carbocycles. The molecule has 0 atom stereocenters. The fourth-order valence-electron chi connectivity index (χ4n) is 4.96. The summed E-state index contributed by atoms with van der Waals surface area (Å²) in [6, 6.07) is 19.2. The molecule has 0 bridgehead atoms. The van der Waals surface area contributed by atoms with Crippen molar-refractivity contribution < 1.29 is 14.3 Å². The normalized spacial score (nSPS) is 11.2. The molecular formula is C30H29N3O4S. The highest BCUT2D eigenvalue weighted by Gasteiger charge is 2.18. The van der Waals surface area contributed by atoms with Crippen LogP contribution < -0.4 is 15.7 Å². The lowest BCUT2D eigenvalue weighted by molar-refractivity contribution is -0.108. The first-order valence-corrected chi connectivity index (χ1v) is 13.4. The maximum Gasteiger partial charge on any atom is 0.329 e. The van der Waals surface area contributed by atoms with Gasteiger partial charge in [-0.05, 0) is 65.7 Å². The third kappa shape index (κ3) is 4.87. The molecule has 0 fully saturated rings. The Morgan fingerprint density at radius 2 is 1.87 bits per heavy atom. The number of rotatable bonds is 10. The lowest BCUT2D eigenvalue weighted by Gasteiger charge is -2.09. The molecular weight excluding hydrogens is 498 g/mol. The molecule has 194 valence electrons. The molecule has 1 amide bonds. The van der Waals surface area contributed by atoms with Crippen molar-refractivity contribution in [1.29, 1.82) is 0 Å². The molecule has 0 radical (unpaired) electrons. The van der Waals surface area contributed by atoms with Gasteiger partial charge in [0.15, 0.2) is 0 Å². The van der Waals surface area contributed by atoms with Crippen LogP contribution in [0.15, 0.2) is 70.8 Å². The number of aryl methyl sites for hydroxylation is 2. The minimum absolute atomic E-state index is 0.191. The van der Waals surface area contributed by atoms with Crippen LogP contribution in [0, 0.1) is 6.92 Å². The number of para-hydroxylation sites is 1. The zero-order valence-corrected chi connectivity index (χ0v) is 22.2. The van der Waals surface area contributed by atoms with Crippen molar-refractivity contribution in [3.05, 3.63) is 98.8 Å². The number of imidazole rings is 1. The van der Waals surface area contributed by atoms with Gasteiger partial charge >= 0.3 is 5.69 Å². The van der Waals surface area contributed by atoms with E-state index in [0.29, 0.717) is 30.6 Å². The molecule has 2 heterocycles. The van der Waals surface area contributed by atoms with Crippen LogP contribution in [-0.2, 0) is 24.3 Å². The maximum atomic E-state index is 13.5. The van der Waals surface area contributed by atoms with Gasteiger partial charge in [0.1, 0.15) is 12.0 Å². The number of fused-ring (bicyclic) bond motifs is 2. The molecule has 38 heavy (non-hydrogen) atoms. The van der Waals surface area contributed by atoms with Crippen molar-refractivity contribution in [2.45, 2.75) is 32.9 Å². The number of hydrogen-bond donors (Lipinski definition) is 1. The molecule has 2 aromatic heterocycles. The van der Waals surface area contributed by atoms with Gasteiger partial charge in [-0.3, -0.25) is 13.9 Å². The molecule has 5 aromatic rings. The summed E-state index contributed by atoms with van der Waals surface area (Å²) in [6.45, 7) is 3.20. The van der Waals surface area contributed by atoms with E-state index in [-0.39, 0.29) is 24.6 Å². The summed E-state index contributed by atoms with van der Waals surface area (Å²) in [5, 5.41) is 6.24. The largest absolute Gasteiger partial charge is 0.496 e. The number of benzene rings is 3. The highest BCUT2D eigenvalue weighted by atomic mass is 32.1. The van der Waals surface area contributed by atoms with E-state index in [1.165, 1.54) is 15.6 Å². The number of carbonyl (C=O) groups is 2. The van der Waals surface area contributed by atoms with E-state index in [2.05, 4.69) is 29.8 Å². The smallest absolute Gasteiger partial charge is 0.329 e. The SMILES string of the molecule is COc1ccccc1CCNC(=O)c1ccc2c(c1)n(CCC=O)c(=O)n2Cc1csc2cccc(C)c12. The summed E-state index contributed by atoms with van der Waals surface area (Å²) < 4.78 is 9.90. The van der Waals surface area contributed by atoms with Crippen LogP contribution in [0.1, 0.15) is 33.5 Å². The molecule has 8 heteroatoms. The fourth-order valence-corrected chi connectivity index (χ4v) is 5.99. The van der Waals surface area contributed by atoms with Crippen molar-refractivity contribution in [2.75, 3.05) is 13.7 Å². The number of ether oxygens (including phenoxy) is 1. The number of nitrogens with zero attached hydrogens (tertiary/aromatic N) is 2. The first kappa shape index (κ1) is 25.5. The van der Waals surface area contributed by atoms with E-state index in [4.69, 9.17) is 4.74 Å². The monoisotopic (exact) mass is 527 g/mol. The highest BCUT2D eigenvalue weighted by Crippen LogP contribution is 2.30. The second kappa shape index (κ2) is 11.1. The summed E-state index contributed by atoms with van der Waals surface area (Å²) in [7, 11) is 1.63. The number of nitrogens with one attached hydrogen (secondary N) is 1. The number of aldehydes is 1. The van der Waals surface area contributed by atoms with Gasteiger partial charge in [-0.2, -0.15) is 0 Å². The molecule has 0 aliphatic heterocycles. The Hall–Kier alpha value is -4.17. The van der Waals surface area contributed by atoms with Gasteiger partial charge in [0.05, 0.1) is 24.7 Å². The lowest BCUT2D eigenvalue weighted by Crippen LogP contribution is -2.26. The van der Waals surface area contributed by atoms with Gasteiger partial charge in [-0.1, -0.05) is 30.3 Å². The minimum Gasteiger partial charge on any atom is -0.496 e. The number of methoxy groups -OCH3 is 1. The van der Waals surface area contributed by atoms with Crippen LogP contribution in [-0.4, -0.2) is 35.0 Å². The van der Waals surface area contributed by atoms with Gasteiger partial charge in [-0.15, -0.1) is 11.3 Å². The number of aromatic nitrogens is 2. The van der Waals surface area contributed by atoms with Gasteiger partial charge < -0.3 is 14.8 Å². The lowest BCUT2D eigenvalue weighted by atomic mass is 10.1. The standard InChI is InChI=1S/C30H29N3O4S/c1-20-7-5-10-27-28(20)23(19-38-27)18-33-24-12-11-22(17-25(24)32(30(33)36)15-6-16-34)29(35)31-14-13-21-8-3-4-9-26(21)37-2/h3-5,7-12,16-17,19H,6,13-15,18H2,1-2H3,(H,31,35). The van der Waals surface area contributed by atoms with E-state index >= 15 is 0 Å². The van der Waals surface area contributed by atoms with Crippen LogP contribution in [0.3, 0.4) is 0 Å². The Morgan fingerprint density at radius 3 is 2.68 bits per heavy atom. The summed E-state index contributed by atoms with van der Waals surface area (Å²) in [6.07, 6.45) is 1.65. The Morgan fingerprint density at radius 1 is 1.03 bits per heavy atom. The van der Waals surface area contributed by atoms with E-state index < -0.39 is 0 Å². The third-order valence-electron chi connectivity index (χ3n) is 6.84. The van der Waals surface area contributed by atoms with Crippen molar-refractivity contribution in [3.63, 3.8) is 0 Å². The van der Waals surface area contributed by atoms with Gasteiger partial charge in [-0.25, -0.2) is 4.79 Å². The number of thiophene rings is 1. The second-order valence-corrected chi connectivity index (χ2v) is 10.1. The van der Waals surface area contributed by atoms with Crippen molar-refractivity contribution in [3.8, 4) is 5.75 Å². The van der Waals surface area contributed by atoms with Crippen LogP contribution in [0.2, 0.25) is 0 Å². The highest BCUT2D eigenvalue weighted by molar-refractivity contribution is 7.17. The van der Waals surface area contributed by atoms with Crippen LogP contribution >= 0.6 is 11.3 Å². The topological polar surface area (TPSA) is 82.3 Å². The van der Waals surface area contributed by atoms with Crippen molar-refractivity contribution in [1.82, 2.24) is 14.5 Å². The fraction of sp³-hybridized carbons (Fsp3) is 0.233. The average molecular weight is 528 g/mol. The molecule has 0 unspecified atom stereocenters. The molecule has 0 aliphatic rings. The van der Waals surface area contributed by atoms with E-state index in [9.17, 15) is 14.4 Å². The summed E-state index contributed by atoms with van der Waals surface area (Å²) in [5.41, 5.74) is 4.92. The number of hydrogen-bond acceptors (Lipinski definition) is 5. The van der Waals surface area contributed by atoms with E-state index in [1.54, 1.807) is 39.7 Å². The molecule has 0 saturated carbocycles. The van der Waals surface area contributed by atoms with Crippen LogP contribution in [0.5, 0.6) is 5.75 Å². The van der Waals surface area contributed by atoms with Crippen molar-refractivity contribution in [2.24, 2.45) is 0 Å². The number of amides is 1. The molecule has 0 spiro atoms. The average Bonchev–Trinajstić information content (AvgIpc) is 3.46. The Labute approximate surface area is 224 Å². The quantitative estimate of drug-likeness (QED) is 0.261. The summed E-state index contributed by atoms with van der Waals surface area (Å²) in [5.74, 6) is 0.570. The Kier molecular flexibility index (Phi) is 7.42.